The molecule has 7 heteroatoms. The van der Waals surface area contributed by atoms with Crippen molar-refractivity contribution in [2.75, 3.05) is 7.05 Å². The minimum absolute atomic E-state index is 0.0566. The van der Waals surface area contributed by atoms with E-state index in [9.17, 15) is 9.59 Å². The second-order valence-electron chi connectivity index (χ2n) is 10.3. The molecular formula is C30H39N5O2. The molecule has 1 amide bonds. The van der Waals surface area contributed by atoms with Gasteiger partial charge in [-0.05, 0) is 75.4 Å². The van der Waals surface area contributed by atoms with E-state index in [1.807, 2.05) is 31.2 Å². The molecule has 3 unspecified atom stereocenters. The number of hydrogen-bond acceptors (Lipinski definition) is 5. The monoisotopic (exact) mass is 501 g/mol. The number of Topliss-reactive ketones (excluding diaryl/α,β-unsaturated/α-hetero) is 1. The molecule has 0 bridgehead atoms. The zero-order valence-corrected chi connectivity index (χ0v) is 22.4. The maximum atomic E-state index is 13.8. The van der Waals surface area contributed by atoms with Gasteiger partial charge in [-0.15, -0.1) is 0 Å². The van der Waals surface area contributed by atoms with Crippen LogP contribution in [0.5, 0.6) is 0 Å². The normalized spacial score (nSPS) is 16.8. The van der Waals surface area contributed by atoms with Gasteiger partial charge in [-0.2, -0.15) is 0 Å². The quantitative estimate of drug-likeness (QED) is 0.337. The largest absolute Gasteiger partial charge is 0.344 e. The first-order valence-electron chi connectivity index (χ1n) is 13.5. The lowest BCUT2D eigenvalue weighted by atomic mass is 9.78. The van der Waals surface area contributed by atoms with Crippen LogP contribution >= 0.6 is 0 Å². The van der Waals surface area contributed by atoms with Crippen molar-refractivity contribution < 1.29 is 9.59 Å². The van der Waals surface area contributed by atoms with E-state index in [4.69, 9.17) is 5.41 Å². The molecule has 1 aliphatic carbocycles. The first-order chi connectivity index (χ1) is 17.8. The van der Waals surface area contributed by atoms with E-state index in [1.165, 1.54) is 10.9 Å². The molecule has 0 radical (unpaired) electrons. The fourth-order valence-electron chi connectivity index (χ4n) is 5.54. The molecule has 2 heterocycles. The van der Waals surface area contributed by atoms with Gasteiger partial charge >= 0.3 is 0 Å². The molecule has 1 fully saturated rings. The number of carbonyl (C=O) groups is 2. The van der Waals surface area contributed by atoms with E-state index < -0.39 is 12.1 Å². The molecule has 1 saturated carbocycles. The Balaban J connectivity index is 1.63. The van der Waals surface area contributed by atoms with Gasteiger partial charge in [0.1, 0.15) is 5.82 Å². The topological polar surface area (TPSA) is 99.9 Å². The molecule has 196 valence electrons. The Hall–Kier alpha value is -3.32. The third kappa shape index (κ3) is 5.67. The number of nitrogens with one attached hydrogen (secondary N) is 3. The maximum absolute atomic E-state index is 13.8. The highest BCUT2D eigenvalue weighted by Gasteiger charge is 2.36. The Kier molecular flexibility index (Phi) is 8.54. The molecule has 0 saturated heterocycles. The molecule has 1 aliphatic rings. The van der Waals surface area contributed by atoms with Crippen LogP contribution in [0.3, 0.4) is 0 Å². The second kappa shape index (κ2) is 11.8. The second-order valence-corrected chi connectivity index (χ2v) is 10.3. The predicted molar refractivity (Wildman–Crippen MR) is 149 cm³/mol. The number of para-hydroxylation sites is 1. The number of carbonyl (C=O) groups excluding carboxylic acids is 2. The van der Waals surface area contributed by atoms with Crippen molar-refractivity contribution in [3.05, 3.63) is 59.9 Å². The van der Waals surface area contributed by atoms with E-state index in [0.717, 1.165) is 49.0 Å². The van der Waals surface area contributed by atoms with Crippen molar-refractivity contribution in [3.8, 4) is 5.82 Å². The molecule has 7 nitrogen and oxygen atoms in total. The lowest BCUT2D eigenvalue weighted by molar-refractivity contribution is -0.127. The van der Waals surface area contributed by atoms with Crippen LogP contribution in [0.2, 0.25) is 0 Å². The van der Waals surface area contributed by atoms with Crippen LogP contribution in [0.4, 0.5) is 0 Å². The van der Waals surface area contributed by atoms with E-state index >= 15 is 0 Å². The SMILES string of the molecule is CCC(C(=N)C(=O)C(NC(=O)C(C)NC)C1CCCCC1)c1ccnc(-n2cc(C)c3ccccc32)c1. The number of ketones is 1. The van der Waals surface area contributed by atoms with Gasteiger partial charge in [-0.3, -0.25) is 9.59 Å². The Bertz CT molecular complexity index is 1270. The molecule has 4 rings (SSSR count). The number of aromatic nitrogens is 2. The number of amides is 1. The summed E-state index contributed by atoms with van der Waals surface area (Å²) in [5.41, 5.74) is 3.18. The average molecular weight is 502 g/mol. The number of pyridine rings is 1. The van der Waals surface area contributed by atoms with Gasteiger partial charge in [-0.25, -0.2) is 4.98 Å². The number of fused-ring (bicyclic) bond motifs is 1. The molecule has 3 aromatic rings. The summed E-state index contributed by atoms with van der Waals surface area (Å²) in [6.07, 6.45) is 9.49. The highest BCUT2D eigenvalue weighted by molar-refractivity contribution is 6.42. The molecular weight excluding hydrogens is 462 g/mol. The van der Waals surface area contributed by atoms with Gasteiger partial charge < -0.3 is 20.6 Å². The number of likely N-dealkylation sites (N-methyl/N-ethyl adjacent to an activating group) is 1. The van der Waals surface area contributed by atoms with Crippen molar-refractivity contribution in [1.29, 1.82) is 5.41 Å². The van der Waals surface area contributed by atoms with Gasteiger partial charge in [0, 0.05) is 23.7 Å². The first-order valence-corrected chi connectivity index (χ1v) is 13.5. The molecule has 37 heavy (non-hydrogen) atoms. The van der Waals surface area contributed by atoms with Crippen LogP contribution in [0.25, 0.3) is 16.7 Å². The zero-order chi connectivity index (χ0) is 26.5. The molecule has 1 aromatic carbocycles. The highest BCUT2D eigenvalue weighted by atomic mass is 16.2. The van der Waals surface area contributed by atoms with Crippen molar-refractivity contribution in [2.45, 2.75) is 77.3 Å². The van der Waals surface area contributed by atoms with Gasteiger partial charge in [0.2, 0.25) is 5.91 Å². The molecule has 3 N–H and O–H groups in total. The molecule has 2 aromatic heterocycles. The summed E-state index contributed by atoms with van der Waals surface area (Å²) >= 11 is 0. The van der Waals surface area contributed by atoms with Crippen molar-refractivity contribution in [2.24, 2.45) is 5.92 Å². The summed E-state index contributed by atoms with van der Waals surface area (Å²) in [6.45, 7) is 5.86. The third-order valence-corrected chi connectivity index (χ3v) is 7.88. The Morgan fingerprint density at radius 2 is 1.89 bits per heavy atom. The first kappa shape index (κ1) is 26.7. The zero-order valence-electron chi connectivity index (χ0n) is 22.4. The Morgan fingerprint density at radius 1 is 1.16 bits per heavy atom. The van der Waals surface area contributed by atoms with Crippen molar-refractivity contribution >= 4 is 28.3 Å². The van der Waals surface area contributed by atoms with Gasteiger partial charge in [0.05, 0.1) is 23.3 Å². The summed E-state index contributed by atoms with van der Waals surface area (Å²) in [4.78, 5) is 31.2. The fraction of sp³-hybridized carbons (Fsp3) is 0.467. The van der Waals surface area contributed by atoms with Crippen LogP contribution in [0.1, 0.15) is 69.4 Å². The Labute approximate surface area is 219 Å². The maximum Gasteiger partial charge on any atom is 0.237 e. The van der Waals surface area contributed by atoms with E-state index in [0.29, 0.717) is 6.42 Å². The third-order valence-electron chi connectivity index (χ3n) is 7.88. The lowest BCUT2D eigenvalue weighted by Gasteiger charge is -2.32. The van der Waals surface area contributed by atoms with Crippen LogP contribution < -0.4 is 10.6 Å². The molecule has 3 atom stereocenters. The average Bonchev–Trinajstić information content (AvgIpc) is 3.28. The van der Waals surface area contributed by atoms with Gasteiger partial charge in [0.25, 0.3) is 0 Å². The van der Waals surface area contributed by atoms with Gasteiger partial charge in [-0.1, -0.05) is 44.4 Å². The summed E-state index contributed by atoms with van der Waals surface area (Å²) < 4.78 is 2.07. The van der Waals surface area contributed by atoms with E-state index in [1.54, 1.807) is 20.2 Å². The van der Waals surface area contributed by atoms with Crippen LogP contribution in [-0.2, 0) is 9.59 Å². The minimum atomic E-state index is -0.664. The van der Waals surface area contributed by atoms with Crippen molar-refractivity contribution in [3.63, 3.8) is 0 Å². The lowest BCUT2D eigenvalue weighted by Crippen LogP contribution is -2.53. The van der Waals surface area contributed by atoms with Gasteiger partial charge in [0.15, 0.2) is 5.78 Å². The van der Waals surface area contributed by atoms with Crippen LogP contribution in [0.15, 0.2) is 48.8 Å². The summed E-state index contributed by atoms with van der Waals surface area (Å²) in [5, 5.41) is 16.1. The number of rotatable bonds is 10. The van der Waals surface area contributed by atoms with E-state index in [-0.39, 0.29) is 29.2 Å². The molecule has 0 aliphatic heterocycles. The highest BCUT2D eigenvalue weighted by Crippen LogP contribution is 2.30. The Morgan fingerprint density at radius 3 is 2.59 bits per heavy atom. The fourth-order valence-corrected chi connectivity index (χ4v) is 5.54. The smallest absolute Gasteiger partial charge is 0.237 e. The number of benzene rings is 1. The number of aryl methyl sites for hydroxylation is 1. The number of nitrogens with zero attached hydrogens (tertiary/aromatic N) is 2. The van der Waals surface area contributed by atoms with E-state index in [2.05, 4.69) is 45.4 Å². The predicted octanol–water partition coefficient (Wildman–Crippen LogP) is 5.09. The van der Waals surface area contributed by atoms with Crippen LogP contribution in [-0.4, -0.2) is 46.1 Å². The van der Waals surface area contributed by atoms with Crippen LogP contribution in [0, 0.1) is 18.3 Å². The minimum Gasteiger partial charge on any atom is -0.344 e. The number of hydrogen-bond donors (Lipinski definition) is 3. The summed E-state index contributed by atoms with van der Waals surface area (Å²) in [6, 6.07) is 11.0. The summed E-state index contributed by atoms with van der Waals surface area (Å²) in [5.74, 6) is -0.0129. The standard InChI is InChI=1S/C30H39N5O2/c1-5-23(22-15-16-33-26(17-22)35-18-19(2)24-13-9-10-14-25(24)35)27(31)29(36)28(21-11-7-6-8-12-21)34-30(37)20(3)32-4/h9-10,13-18,20-21,23,28,31-32H,5-8,11-12H2,1-4H3,(H,34,37). The van der Waals surface area contributed by atoms with Crippen molar-refractivity contribution in [1.82, 2.24) is 20.2 Å². The molecule has 0 spiro atoms. The summed E-state index contributed by atoms with van der Waals surface area (Å²) in [7, 11) is 1.73.